The Kier molecular flexibility index (Phi) is 5.67. The zero-order valence-corrected chi connectivity index (χ0v) is 18.3. The number of rotatable bonds is 2. The summed E-state index contributed by atoms with van der Waals surface area (Å²) in [5.41, 5.74) is 13.2. The second kappa shape index (κ2) is 8.92. The number of nitrogens with one attached hydrogen (secondary N) is 2. The maximum atomic E-state index is 13.0. The fourth-order valence-electron chi connectivity index (χ4n) is 4.26. The lowest BCUT2D eigenvalue weighted by molar-refractivity contribution is -0.0762. The lowest BCUT2D eigenvalue weighted by Gasteiger charge is -2.25. The summed E-state index contributed by atoms with van der Waals surface area (Å²) in [5.74, 6) is 6.43. The number of nitrogens with two attached hydrogens (primary N) is 1. The number of amidine groups is 1. The van der Waals surface area contributed by atoms with E-state index in [1.807, 2.05) is 31.2 Å². The molecule has 0 bridgehead atoms. The quantitative estimate of drug-likeness (QED) is 0.609. The van der Waals surface area contributed by atoms with Crippen LogP contribution in [0.1, 0.15) is 30.4 Å². The number of allylic oxidation sites excluding steroid dienone is 3. The Balaban J connectivity index is 1.31. The number of fused-ring (bicyclic) bond motifs is 1. The second-order valence-corrected chi connectivity index (χ2v) is 8.25. The number of hydroxylamine groups is 2. The minimum atomic E-state index is -0.285. The van der Waals surface area contributed by atoms with Crippen molar-refractivity contribution < 1.29 is 9.63 Å². The predicted octanol–water partition coefficient (Wildman–Crippen LogP) is 2.46. The van der Waals surface area contributed by atoms with Crippen LogP contribution in [-0.4, -0.2) is 47.8 Å². The smallest absolute Gasteiger partial charge is 0.346 e. The largest absolute Gasteiger partial charge is 0.386 e. The fraction of sp³-hybridized carbons (Fsp3) is 0.333. The van der Waals surface area contributed by atoms with Gasteiger partial charge in [-0.2, -0.15) is 10.2 Å². The van der Waals surface area contributed by atoms with E-state index >= 15 is 0 Å². The van der Waals surface area contributed by atoms with Gasteiger partial charge in [-0.1, -0.05) is 30.2 Å². The van der Waals surface area contributed by atoms with E-state index in [9.17, 15) is 4.79 Å². The molecule has 33 heavy (non-hydrogen) atoms. The molecule has 3 aliphatic heterocycles. The molecule has 9 nitrogen and oxygen atoms in total. The molecule has 0 radical (unpaired) electrons. The third kappa shape index (κ3) is 4.25. The molecule has 1 aromatic rings. The Morgan fingerprint density at radius 2 is 2.27 bits per heavy atom. The number of nitrogens with zero attached hydrogens (tertiary/aromatic N) is 4. The number of benzene rings is 1. The number of aryl methyl sites for hydroxylation is 1. The van der Waals surface area contributed by atoms with Crippen molar-refractivity contribution >= 4 is 29.6 Å². The van der Waals surface area contributed by atoms with Gasteiger partial charge in [-0.05, 0) is 49.0 Å². The molecular weight excluding hydrogens is 418 g/mol. The first-order valence-electron chi connectivity index (χ1n) is 11.0. The van der Waals surface area contributed by atoms with Gasteiger partial charge in [-0.25, -0.2) is 14.8 Å². The lowest BCUT2D eigenvalue weighted by atomic mass is 9.96. The number of carbonyl (C=O) groups excluding carboxylic acids is 1. The van der Waals surface area contributed by atoms with Crippen LogP contribution in [-0.2, 0) is 4.84 Å². The van der Waals surface area contributed by atoms with E-state index in [-0.39, 0.29) is 24.2 Å². The minimum Gasteiger partial charge on any atom is -0.386 e. The van der Waals surface area contributed by atoms with Crippen LogP contribution >= 0.6 is 0 Å². The van der Waals surface area contributed by atoms with E-state index < -0.39 is 0 Å². The number of anilines is 1. The number of amides is 2. The van der Waals surface area contributed by atoms with Crippen molar-refractivity contribution in [1.29, 1.82) is 0 Å². The van der Waals surface area contributed by atoms with E-state index in [4.69, 9.17) is 10.6 Å². The van der Waals surface area contributed by atoms with Crippen LogP contribution < -0.4 is 16.5 Å². The molecule has 0 saturated carbocycles. The van der Waals surface area contributed by atoms with Gasteiger partial charge in [0.25, 0.3) is 0 Å². The summed E-state index contributed by atoms with van der Waals surface area (Å²) in [4.78, 5) is 26.9. The van der Waals surface area contributed by atoms with Crippen LogP contribution in [0.25, 0.3) is 0 Å². The number of carbonyl (C=O) groups is 1. The highest BCUT2D eigenvalue weighted by Crippen LogP contribution is 2.28. The highest BCUT2D eigenvalue weighted by atomic mass is 16.7. The molecular formula is C24H25N7O2. The van der Waals surface area contributed by atoms with Gasteiger partial charge in [0.15, 0.2) is 6.17 Å². The first kappa shape index (κ1) is 21.0. The Bertz CT molecular complexity index is 1180. The Morgan fingerprint density at radius 3 is 3.12 bits per heavy atom. The van der Waals surface area contributed by atoms with E-state index in [0.717, 1.165) is 30.4 Å². The number of hydrogen-bond acceptors (Lipinski definition) is 7. The average Bonchev–Trinajstić information content (AvgIpc) is 3.48. The summed E-state index contributed by atoms with van der Waals surface area (Å²) >= 11 is 0. The van der Waals surface area contributed by atoms with Crippen LogP contribution in [0, 0.1) is 24.7 Å². The van der Waals surface area contributed by atoms with Gasteiger partial charge >= 0.3 is 6.03 Å². The normalized spacial score (nSPS) is 25.3. The van der Waals surface area contributed by atoms with Crippen molar-refractivity contribution in [3.05, 3.63) is 53.1 Å². The third-order valence-electron chi connectivity index (χ3n) is 6.07. The number of hydrogen-bond donors (Lipinski definition) is 3. The SMILES string of the molecule is Cc1ccc(NC(=O)N2OCC[C@@H]2C2=CC=CCC2)cc1C#CC1=NNC2N=CN=C(N)C12. The van der Waals surface area contributed by atoms with Crippen LogP contribution in [0.15, 0.2) is 57.1 Å². The topological polar surface area (TPSA) is 117 Å². The summed E-state index contributed by atoms with van der Waals surface area (Å²) < 4.78 is 0. The molecule has 1 fully saturated rings. The molecule has 3 atom stereocenters. The summed E-state index contributed by atoms with van der Waals surface area (Å²) in [7, 11) is 0. The number of hydrazone groups is 1. The van der Waals surface area contributed by atoms with Crippen molar-refractivity contribution in [2.75, 3.05) is 11.9 Å². The zero-order chi connectivity index (χ0) is 22.8. The Morgan fingerprint density at radius 1 is 1.36 bits per heavy atom. The standard InChI is InChI=1S/C24H25N7O2/c1-15-7-9-18(28-24(32)31-20(11-12-33-31)16-5-3-2-4-6-16)13-17(15)8-10-19-21-22(25)26-14-27-23(21)30-29-19/h2-3,5,7,9,13-14,20-21,23,30H,4,6,11-12H2,1H3,(H,28,32)(H2,25,26,27)/t20-,21?,23?/m1/s1. The molecule has 9 heteroatoms. The summed E-state index contributed by atoms with van der Waals surface area (Å²) in [6, 6.07) is 5.31. The van der Waals surface area contributed by atoms with Gasteiger partial charge < -0.3 is 11.1 Å². The van der Waals surface area contributed by atoms with Crippen molar-refractivity contribution in [2.24, 2.45) is 26.7 Å². The molecule has 0 aromatic heterocycles. The Labute approximate surface area is 192 Å². The van der Waals surface area contributed by atoms with Crippen LogP contribution in [0.4, 0.5) is 10.5 Å². The van der Waals surface area contributed by atoms with Gasteiger partial charge in [0, 0.05) is 17.7 Å². The lowest BCUT2D eigenvalue weighted by Crippen LogP contribution is -2.40. The summed E-state index contributed by atoms with van der Waals surface area (Å²) in [6.07, 6.45) is 10.2. The monoisotopic (exact) mass is 443 g/mol. The van der Waals surface area contributed by atoms with Crippen molar-refractivity contribution in [3.8, 4) is 11.8 Å². The van der Waals surface area contributed by atoms with Gasteiger partial charge in [-0.15, -0.1) is 0 Å². The molecule has 4 aliphatic rings. The molecule has 5 rings (SSSR count). The van der Waals surface area contributed by atoms with E-state index in [1.54, 1.807) is 0 Å². The molecule has 168 valence electrons. The fourth-order valence-corrected chi connectivity index (χ4v) is 4.26. The van der Waals surface area contributed by atoms with Gasteiger partial charge in [-0.3, -0.25) is 10.3 Å². The van der Waals surface area contributed by atoms with Gasteiger partial charge in [0.05, 0.1) is 12.6 Å². The van der Waals surface area contributed by atoms with E-state index in [1.165, 1.54) is 17.0 Å². The summed E-state index contributed by atoms with van der Waals surface area (Å²) in [5, 5.41) is 8.67. The van der Waals surface area contributed by atoms with E-state index in [0.29, 0.717) is 23.8 Å². The molecule has 0 spiro atoms. The molecule has 1 saturated heterocycles. The maximum absolute atomic E-state index is 13.0. The highest BCUT2D eigenvalue weighted by molar-refractivity contribution is 6.17. The zero-order valence-electron chi connectivity index (χ0n) is 18.3. The molecule has 2 unspecified atom stereocenters. The molecule has 4 N–H and O–H groups in total. The van der Waals surface area contributed by atoms with Crippen molar-refractivity contribution in [3.63, 3.8) is 0 Å². The van der Waals surface area contributed by atoms with Gasteiger partial charge in [0.2, 0.25) is 0 Å². The second-order valence-electron chi connectivity index (χ2n) is 8.25. The van der Waals surface area contributed by atoms with Crippen LogP contribution in [0.2, 0.25) is 0 Å². The van der Waals surface area contributed by atoms with Crippen LogP contribution in [0.5, 0.6) is 0 Å². The first-order valence-corrected chi connectivity index (χ1v) is 11.0. The van der Waals surface area contributed by atoms with Crippen molar-refractivity contribution in [2.45, 2.75) is 38.4 Å². The predicted molar refractivity (Wildman–Crippen MR) is 128 cm³/mol. The first-order chi connectivity index (χ1) is 16.1. The number of aliphatic imine (C=N–C) groups is 2. The van der Waals surface area contributed by atoms with E-state index in [2.05, 4.69) is 49.8 Å². The average molecular weight is 444 g/mol. The van der Waals surface area contributed by atoms with Crippen molar-refractivity contribution in [1.82, 2.24) is 10.5 Å². The number of urea groups is 1. The molecule has 1 aromatic carbocycles. The summed E-state index contributed by atoms with van der Waals surface area (Å²) in [6.45, 7) is 2.50. The molecule has 1 aliphatic carbocycles. The maximum Gasteiger partial charge on any atom is 0.346 e. The Hall–Kier alpha value is -3.90. The van der Waals surface area contributed by atoms with Crippen LogP contribution in [0.3, 0.4) is 0 Å². The van der Waals surface area contributed by atoms with Gasteiger partial charge in [0.1, 0.15) is 23.8 Å². The third-order valence-corrected chi connectivity index (χ3v) is 6.07. The molecule has 3 heterocycles. The highest BCUT2D eigenvalue weighted by Gasteiger charge is 2.35. The minimum absolute atomic E-state index is 0.0363. The molecule has 2 amide bonds.